The fourth-order valence-electron chi connectivity index (χ4n) is 20.3. The van der Waals surface area contributed by atoms with E-state index >= 15 is 39.5 Å². The second-order valence-corrected chi connectivity index (χ2v) is 35.7. The number of benzene rings is 6. The van der Waals surface area contributed by atoms with Gasteiger partial charge >= 0.3 is 0 Å². The van der Waals surface area contributed by atoms with E-state index in [1.807, 2.05) is 53.4 Å². The Balaban J connectivity index is 0.000000147. The van der Waals surface area contributed by atoms with Gasteiger partial charge in [-0.1, -0.05) is 79.5 Å². The number of likely N-dealkylation sites (N-methyl/N-ethyl adjacent to an activating group) is 1. The molecule has 6 aliphatic rings. The number of nitrogens with one attached hydrogen (secondary N) is 1. The number of aromatic nitrogens is 6. The second-order valence-electron chi connectivity index (χ2n) is 35.7. The van der Waals surface area contributed by atoms with Gasteiger partial charge < -0.3 is 54.9 Å². The van der Waals surface area contributed by atoms with E-state index in [-0.39, 0.29) is 141 Å². The molecule has 6 unspecified atom stereocenters. The van der Waals surface area contributed by atoms with Gasteiger partial charge in [0.2, 0.25) is 23.6 Å². The summed E-state index contributed by atoms with van der Waals surface area (Å²) in [6.07, 6.45) is 9.15. The molecular weight excluding hydrogens is 1760 g/mol. The zero-order valence-electron chi connectivity index (χ0n) is 75.9. The summed E-state index contributed by atoms with van der Waals surface area (Å²) in [5.41, 5.74) is -2.86. The number of aromatic hydroxyl groups is 3. The standard InChI is InChI=1S/C34H32F3N5O4.C34H33F3N4O3.C33H30F3N5O4/c1-7-24(44)40-14-18(5)41-22(15-40)33(45)39(6)32-31(41)19-13-21(36)26(25-20(35)9-8-10-23(25)43)27(37)30(19)42(34(32)46)29-17(4)11-12-38-28(29)16(2)3;1-6-26(43)39-15-19(5)40-20(16-39)10-11-21-32(40)22-14-24(36)28(27-23(35)8-7-9-25(27)42)29(37)33(22)41(34(21)44)31-18(4)12-13-38-30(31)17(2)3;1-6-23(43)39-13-17(5)40-21(14-39)32(44)38-28-31(40)18-12-20(35)25(24-19(34)8-7-9-22(24)42)26(36)30(18)41(33(28)45)29-16(4)10-11-37-27(29)15(2)3/h7-13,16,18,22,43H,1,14-15H2,2-6H3;6-9,12-14,17,19-20,42H,1,10-11,15-16H2,2-5H3;6-12,15,17,21,42H,1,13-14H2,2-5H3,(H,38,44). The lowest BCUT2D eigenvalue weighted by atomic mass is 9.89. The summed E-state index contributed by atoms with van der Waals surface area (Å²) in [5.74, 6) is -15.0. The van der Waals surface area contributed by atoms with Crippen LogP contribution >= 0.6 is 0 Å². The van der Waals surface area contributed by atoms with Crippen LogP contribution in [-0.2, 0) is 30.4 Å². The molecule has 6 aliphatic heterocycles. The highest BCUT2D eigenvalue weighted by Crippen LogP contribution is 2.52. The van der Waals surface area contributed by atoms with Crippen LogP contribution < -0.4 is 41.6 Å². The van der Waals surface area contributed by atoms with Crippen LogP contribution in [0.15, 0.2) is 162 Å². The first-order valence-electron chi connectivity index (χ1n) is 43.9. The third-order valence-electron chi connectivity index (χ3n) is 26.2. The van der Waals surface area contributed by atoms with Gasteiger partial charge in [0.05, 0.1) is 114 Å². The number of hydrogen-bond acceptors (Lipinski definition) is 17. The number of halogens is 9. The fourth-order valence-corrected chi connectivity index (χ4v) is 20.3. The van der Waals surface area contributed by atoms with Crippen LogP contribution in [0.5, 0.6) is 17.2 Å². The minimum absolute atomic E-state index is 0.0479. The summed E-state index contributed by atoms with van der Waals surface area (Å²) >= 11 is 0. The number of hydrogen-bond donors (Lipinski definition) is 4. The maximum atomic E-state index is 17.2. The van der Waals surface area contributed by atoms with Gasteiger partial charge in [0.25, 0.3) is 22.6 Å². The Morgan fingerprint density at radius 1 is 0.422 bits per heavy atom. The molecule has 6 atom stereocenters. The summed E-state index contributed by atoms with van der Waals surface area (Å²) in [4.78, 5) is 133. The first-order chi connectivity index (χ1) is 64.1. The largest absolute Gasteiger partial charge is 0.507 e. The van der Waals surface area contributed by atoms with Crippen molar-refractivity contribution in [1.29, 1.82) is 0 Å². The van der Waals surface area contributed by atoms with Crippen molar-refractivity contribution < 1.29 is 78.8 Å². The predicted octanol–water partition coefficient (Wildman–Crippen LogP) is 16.5. The number of amides is 5. The lowest BCUT2D eigenvalue weighted by Crippen LogP contribution is -2.66. The number of piperazine rings is 3. The van der Waals surface area contributed by atoms with Crippen molar-refractivity contribution in [3.8, 4) is 67.7 Å². The number of phenolic OH excluding ortho intramolecular Hbond substituents is 3. The average molecular weight is 1850 g/mol. The molecule has 3 saturated heterocycles. The molecule has 4 N–H and O–H groups in total. The van der Waals surface area contributed by atoms with Crippen LogP contribution in [0.3, 0.4) is 0 Å². The molecule has 698 valence electrons. The molecule has 34 heteroatoms. The molecule has 135 heavy (non-hydrogen) atoms. The van der Waals surface area contributed by atoms with Crippen molar-refractivity contribution in [2.75, 3.05) is 71.2 Å². The molecule has 6 aromatic carbocycles. The molecular formula is C101H95F9N14O11. The van der Waals surface area contributed by atoms with Gasteiger partial charge in [-0.05, 0) is 180 Å². The molecule has 0 saturated carbocycles. The highest BCUT2D eigenvalue weighted by Gasteiger charge is 2.50. The first kappa shape index (κ1) is 93.4. The SMILES string of the molecule is C=CC(=O)N1CC(C)N2c3c(c(=O)n(-c4c(C)ccnc4C(C)C)c4c(F)c(-c5c(O)cccc5F)c(F)cc34)CCC2C1.C=CC(=O)N1CC(C)N2c3c(c(=O)n(-c4c(C)ccnc4C(C)C)c4c(F)c(-c5c(O)cccc5F)c(F)cc34)N(C)C(=O)C2C1.C=CC(=O)N1CC(C)N2c3c(c(=O)n(-c4c(C)ccnc4C(C)C)c4c(F)c(-c5c(O)cccc5F)c(F)cc34)NC(=O)C2C1. The van der Waals surface area contributed by atoms with Crippen molar-refractivity contribution in [3.63, 3.8) is 0 Å². The Morgan fingerprint density at radius 2 is 0.770 bits per heavy atom. The van der Waals surface area contributed by atoms with Crippen molar-refractivity contribution in [2.24, 2.45) is 0 Å². The van der Waals surface area contributed by atoms with E-state index in [1.54, 1.807) is 86.1 Å². The lowest BCUT2D eigenvalue weighted by Gasteiger charge is -2.50. The number of aryl methyl sites for hydroxylation is 3. The van der Waals surface area contributed by atoms with E-state index in [0.29, 0.717) is 76.6 Å². The Kier molecular flexibility index (Phi) is 24.6. The van der Waals surface area contributed by atoms with Gasteiger partial charge in [0.15, 0.2) is 17.5 Å². The molecule has 25 nitrogen and oxygen atoms in total. The van der Waals surface area contributed by atoms with E-state index in [1.165, 1.54) is 45.7 Å². The average Bonchev–Trinajstić information content (AvgIpc) is 0.704. The van der Waals surface area contributed by atoms with Gasteiger partial charge in [-0.25, -0.2) is 39.5 Å². The molecule has 0 bridgehead atoms. The molecule has 6 aromatic heterocycles. The van der Waals surface area contributed by atoms with E-state index in [9.17, 15) is 53.7 Å². The Bertz CT molecular complexity index is 7260. The van der Waals surface area contributed by atoms with Gasteiger partial charge in [0.1, 0.15) is 75.6 Å². The number of pyridine rings is 6. The highest BCUT2D eigenvalue weighted by molar-refractivity contribution is 6.15. The summed E-state index contributed by atoms with van der Waals surface area (Å²) < 4.78 is 149. The Hall–Kier alpha value is -14.9. The molecule has 0 aliphatic carbocycles. The minimum Gasteiger partial charge on any atom is -0.507 e. The normalized spacial score (nSPS) is 17.9. The number of carbonyl (C=O) groups is 5. The number of rotatable bonds is 12. The minimum atomic E-state index is -1.29. The van der Waals surface area contributed by atoms with Crippen LogP contribution in [0.2, 0.25) is 0 Å². The van der Waals surface area contributed by atoms with E-state index < -0.39 is 156 Å². The van der Waals surface area contributed by atoms with Crippen molar-refractivity contribution in [3.05, 3.63) is 270 Å². The molecule has 0 spiro atoms. The Morgan fingerprint density at radius 3 is 1.16 bits per heavy atom. The first-order valence-corrected chi connectivity index (χ1v) is 43.9. The highest BCUT2D eigenvalue weighted by atomic mass is 19.2. The molecule has 0 radical (unpaired) electrons. The molecule has 18 rings (SSSR count). The fraction of sp³-hybridized carbons (Fsp3) is 0.297. The van der Waals surface area contributed by atoms with Gasteiger partial charge in [-0.2, -0.15) is 0 Å². The molecule has 12 aromatic rings. The Labute approximate surface area is 768 Å². The maximum absolute atomic E-state index is 17.2. The summed E-state index contributed by atoms with van der Waals surface area (Å²) in [6.45, 7) is 33.3. The van der Waals surface area contributed by atoms with Gasteiger partial charge in [0, 0.05) is 97.7 Å². The number of nitrogens with zero attached hydrogens (tertiary/aromatic N) is 13. The molecule has 12 heterocycles. The van der Waals surface area contributed by atoms with Crippen molar-refractivity contribution in [2.45, 2.75) is 150 Å². The monoisotopic (exact) mass is 1850 g/mol. The topological polar surface area (TPSA) is 285 Å². The summed E-state index contributed by atoms with van der Waals surface area (Å²) in [7, 11) is 1.41. The smallest absolute Gasteiger partial charge is 0.281 e. The molecule has 5 amide bonds. The summed E-state index contributed by atoms with van der Waals surface area (Å²) in [5, 5.41) is 34.3. The number of carbonyl (C=O) groups excluding carboxylic acids is 5. The number of fused-ring (bicyclic) bond motifs is 15. The number of anilines is 5. The van der Waals surface area contributed by atoms with Crippen LogP contribution in [0.4, 0.5) is 68.0 Å². The van der Waals surface area contributed by atoms with E-state index in [4.69, 9.17) is 0 Å². The maximum Gasteiger partial charge on any atom is 0.281 e. The van der Waals surface area contributed by atoms with Crippen molar-refractivity contribution in [1.82, 2.24) is 43.4 Å². The quantitative estimate of drug-likeness (QED) is 0.0653. The zero-order valence-corrected chi connectivity index (χ0v) is 75.9. The third-order valence-corrected chi connectivity index (χ3v) is 26.2. The predicted molar refractivity (Wildman–Crippen MR) is 497 cm³/mol. The third kappa shape index (κ3) is 15.2. The number of phenols is 3. The van der Waals surface area contributed by atoms with Crippen molar-refractivity contribution >= 4 is 90.7 Å². The van der Waals surface area contributed by atoms with Crippen LogP contribution in [-0.4, -0.2) is 171 Å². The molecule has 3 fully saturated rings. The van der Waals surface area contributed by atoms with Crippen LogP contribution in [0.1, 0.15) is 126 Å². The van der Waals surface area contributed by atoms with E-state index in [0.717, 1.165) is 80.8 Å². The summed E-state index contributed by atoms with van der Waals surface area (Å²) in [6, 6.07) is 14.5. The van der Waals surface area contributed by atoms with Crippen LogP contribution in [0.25, 0.3) is 83.2 Å². The van der Waals surface area contributed by atoms with Gasteiger partial charge in [-0.15, -0.1) is 0 Å². The van der Waals surface area contributed by atoms with Crippen LogP contribution in [0, 0.1) is 73.1 Å². The van der Waals surface area contributed by atoms with Gasteiger partial charge in [-0.3, -0.25) is 67.0 Å². The second kappa shape index (κ2) is 35.6. The van der Waals surface area contributed by atoms with E-state index in [2.05, 4.69) is 40.0 Å². The zero-order chi connectivity index (χ0) is 97.4. The lowest BCUT2D eigenvalue weighted by molar-refractivity contribution is -0.130.